The average Bonchev–Trinajstić information content (AvgIpc) is 2.61. The van der Waals surface area contributed by atoms with Gasteiger partial charge in [0, 0.05) is 10.6 Å². The highest BCUT2D eigenvalue weighted by atomic mass is 32.2. The van der Waals surface area contributed by atoms with Gasteiger partial charge >= 0.3 is 0 Å². The second-order valence-corrected chi connectivity index (χ2v) is 5.01. The molecule has 1 aromatic rings. The number of hydrogen-bond donors (Lipinski definition) is 3. The lowest BCUT2D eigenvalue weighted by molar-refractivity contribution is 0.113. The first kappa shape index (κ1) is 11.0. The number of aliphatic hydroxyl groups is 3. The number of thioether (sulfide) groups is 1. The third-order valence-electron chi connectivity index (χ3n) is 1.42. The monoisotopic (exact) mass is 220 g/mol. The molecule has 1 aromatic heterocycles. The van der Waals surface area contributed by atoms with Crippen LogP contribution in [0.5, 0.6) is 0 Å². The standard InChI is InChI=1S/C8H12O3S2/c9-3-6(11)5-12-8-2-1-7(4-10)13-8/h1-2,6,9-11H,3-5H2. The van der Waals surface area contributed by atoms with E-state index in [1.165, 1.54) is 23.1 Å². The van der Waals surface area contributed by atoms with Crippen LogP contribution in [0.15, 0.2) is 16.3 Å². The summed E-state index contributed by atoms with van der Waals surface area (Å²) in [5.74, 6) is 0.488. The Morgan fingerprint density at radius 3 is 2.69 bits per heavy atom. The van der Waals surface area contributed by atoms with Crippen LogP contribution in [0.3, 0.4) is 0 Å². The third-order valence-corrected chi connectivity index (χ3v) is 3.86. The van der Waals surface area contributed by atoms with Crippen molar-refractivity contribution in [2.24, 2.45) is 0 Å². The van der Waals surface area contributed by atoms with Gasteiger partial charge < -0.3 is 15.3 Å². The van der Waals surface area contributed by atoms with Crippen LogP contribution in [0, 0.1) is 0 Å². The molecule has 74 valence electrons. The number of rotatable bonds is 5. The van der Waals surface area contributed by atoms with Gasteiger partial charge in [0.05, 0.1) is 23.5 Å². The van der Waals surface area contributed by atoms with Gasteiger partial charge in [0.15, 0.2) is 0 Å². The molecule has 0 aliphatic carbocycles. The molecule has 0 bridgehead atoms. The molecular formula is C8H12O3S2. The minimum Gasteiger partial charge on any atom is -0.394 e. The maximum Gasteiger partial charge on any atom is 0.0864 e. The Morgan fingerprint density at radius 2 is 2.15 bits per heavy atom. The first-order valence-corrected chi connectivity index (χ1v) is 5.67. The van der Waals surface area contributed by atoms with Crippen molar-refractivity contribution in [2.75, 3.05) is 12.4 Å². The lowest BCUT2D eigenvalue weighted by Crippen LogP contribution is -2.14. The summed E-state index contributed by atoms with van der Waals surface area (Å²) in [4.78, 5) is 0.918. The highest BCUT2D eigenvalue weighted by Crippen LogP contribution is 2.27. The van der Waals surface area contributed by atoms with Crippen LogP contribution in [0.2, 0.25) is 0 Å². The van der Waals surface area contributed by atoms with Crippen molar-refractivity contribution in [3.05, 3.63) is 17.0 Å². The Kier molecular flexibility index (Phi) is 4.76. The van der Waals surface area contributed by atoms with Gasteiger partial charge in [-0.3, -0.25) is 0 Å². The summed E-state index contributed by atoms with van der Waals surface area (Å²) in [6.45, 7) is -0.140. The van der Waals surface area contributed by atoms with E-state index < -0.39 is 6.10 Å². The van der Waals surface area contributed by atoms with Crippen molar-refractivity contribution in [2.45, 2.75) is 16.9 Å². The summed E-state index contributed by atoms with van der Waals surface area (Å²) < 4.78 is 1.05. The second-order valence-electron chi connectivity index (χ2n) is 2.53. The van der Waals surface area contributed by atoms with Gasteiger partial charge in [-0.05, 0) is 12.1 Å². The second kappa shape index (κ2) is 5.62. The average molecular weight is 220 g/mol. The molecule has 0 saturated heterocycles. The summed E-state index contributed by atoms with van der Waals surface area (Å²) >= 11 is 2.99. The van der Waals surface area contributed by atoms with Crippen molar-refractivity contribution in [3.8, 4) is 0 Å². The molecule has 0 saturated carbocycles. The predicted octanol–water partition coefficient (Wildman–Crippen LogP) is 0.686. The SMILES string of the molecule is OCc1ccc(SCC(O)CO)s1. The number of hydrogen-bond acceptors (Lipinski definition) is 5. The minimum absolute atomic E-state index is 0.0633. The molecule has 0 aromatic carbocycles. The fourth-order valence-corrected chi connectivity index (χ4v) is 2.73. The van der Waals surface area contributed by atoms with Gasteiger partial charge in [-0.15, -0.1) is 23.1 Å². The van der Waals surface area contributed by atoms with E-state index in [0.29, 0.717) is 5.75 Å². The van der Waals surface area contributed by atoms with E-state index in [2.05, 4.69) is 0 Å². The molecule has 3 N–H and O–H groups in total. The number of thiophene rings is 1. The van der Waals surface area contributed by atoms with Crippen LogP contribution in [-0.2, 0) is 6.61 Å². The van der Waals surface area contributed by atoms with Crippen LogP contribution in [0.4, 0.5) is 0 Å². The molecule has 0 aliphatic heterocycles. The molecule has 5 heteroatoms. The van der Waals surface area contributed by atoms with Gasteiger partial charge in [-0.25, -0.2) is 0 Å². The quantitative estimate of drug-likeness (QED) is 0.639. The maximum atomic E-state index is 9.07. The van der Waals surface area contributed by atoms with E-state index >= 15 is 0 Å². The van der Waals surface area contributed by atoms with Crippen molar-refractivity contribution in [1.82, 2.24) is 0 Å². The van der Waals surface area contributed by atoms with Gasteiger partial charge in [-0.1, -0.05) is 0 Å². The third kappa shape index (κ3) is 3.66. The molecule has 1 unspecified atom stereocenters. The number of aliphatic hydroxyl groups excluding tert-OH is 3. The molecule has 0 amide bonds. The normalized spacial score (nSPS) is 13.2. The van der Waals surface area contributed by atoms with Crippen molar-refractivity contribution >= 4 is 23.1 Å². The zero-order chi connectivity index (χ0) is 9.68. The lowest BCUT2D eigenvalue weighted by Gasteiger charge is -2.03. The molecule has 0 aliphatic rings. The van der Waals surface area contributed by atoms with Gasteiger partial charge in [0.1, 0.15) is 0 Å². The molecule has 3 nitrogen and oxygen atoms in total. The van der Waals surface area contributed by atoms with Crippen LogP contribution in [0.1, 0.15) is 4.88 Å². The van der Waals surface area contributed by atoms with Crippen molar-refractivity contribution in [1.29, 1.82) is 0 Å². The van der Waals surface area contributed by atoms with Crippen molar-refractivity contribution < 1.29 is 15.3 Å². The van der Waals surface area contributed by atoms with Crippen LogP contribution < -0.4 is 0 Å². The van der Waals surface area contributed by atoms with E-state index in [9.17, 15) is 0 Å². The van der Waals surface area contributed by atoms with E-state index in [4.69, 9.17) is 15.3 Å². The fraction of sp³-hybridized carbons (Fsp3) is 0.500. The highest BCUT2D eigenvalue weighted by molar-refractivity contribution is 8.01. The molecule has 0 spiro atoms. The fourth-order valence-electron chi connectivity index (χ4n) is 0.752. The predicted molar refractivity (Wildman–Crippen MR) is 54.1 cm³/mol. The van der Waals surface area contributed by atoms with Gasteiger partial charge in [0.2, 0.25) is 0 Å². The Balaban J connectivity index is 2.36. The largest absolute Gasteiger partial charge is 0.394 e. The topological polar surface area (TPSA) is 60.7 Å². The van der Waals surface area contributed by atoms with Crippen LogP contribution in [0.25, 0.3) is 0 Å². The summed E-state index contributed by atoms with van der Waals surface area (Å²) in [5.41, 5.74) is 0. The Hall–Kier alpha value is -0.0700. The summed E-state index contributed by atoms with van der Waals surface area (Å²) in [6, 6.07) is 3.77. The van der Waals surface area contributed by atoms with Crippen molar-refractivity contribution in [3.63, 3.8) is 0 Å². The van der Waals surface area contributed by atoms with Crippen LogP contribution >= 0.6 is 23.1 Å². The van der Waals surface area contributed by atoms with Gasteiger partial charge in [-0.2, -0.15) is 0 Å². The van der Waals surface area contributed by atoms with Crippen LogP contribution in [-0.4, -0.2) is 33.8 Å². The summed E-state index contributed by atoms with van der Waals surface area (Å²) in [6.07, 6.45) is -0.662. The molecule has 0 fully saturated rings. The molecular weight excluding hydrogens is 208 g/mol. The summed E-state index contributed by atoms with van der Waals surface area (Å²) in [5, 5.41) is 26.4. The van der Waals surface area contributed by atoms with Gasteiger partial charge in [0.25, 0.3) is 0 Å². The summed E-state index contributed by atoms with van der Waals surface area (Å²) in [7, 11) is 0. The first-order chi connectivity index (χ1) is 6.26. The van der Waals surface area contributed by atoms with E-state index in [-0.39, 0.29) is 13.2 Å². The first-order valence-electron chi connectivity index (χ1n) is 3.87. The molecule has 1 rings (SSSR count). The molecule has 1 atom stereocenters. The zero-order valence-corrected chi connectivity index (χ0v) is 8.64. The smallest absolute Gasteiger partial charge is 0.0864 e. The maximum absolute atomic E-state index is 9.07. The minimum atomic E-state index is -0.662. The Labute approximate surface area is 85.0 Å². The molecule has 13 heavy (non-hydrogen) atoms. The zero-order valence-electron chi connectivity index (χ0n) is 7.01. The highest BCUT2D eigenvalue weighted by Gasteiger charge is 2.04. The van der Waals surface area contributed by atoms with E-state index in [1.807, 2.05) is 12.1 Å². The van der Waals surface area contributed by atoms with E-state index in [0.717, 1.165) is 9.09 Å². The lowest BCUT2D eigenvalue weighted by atomic mass is 10.4. The molecule has 1 heterocycles. The Bertz CT molecular complexity index is 249. The Morgan fingerprint density at radius 1 is 1.38 bits per heavy atom. The van der Waals surface area contributed by atoms with E-state index in [1.54, 1.807) is 0 Å². The molecule has 0 radical (unpaired) electrons.